The first-order valence-corrected chi connectivity index (χ1v) is 10.7. The molecule has 0 fully saturated rings. The van der Waals surface area contributed by atoms with E-state index >= 15 is 0 Å². The van der Waals surface area contributed by atoms with Crippen molar-refractivity contribution in [2.75, 3.05) is 12.4 Å². The van der Waals surface area contributed by atoms with Crippen molar-refractivity contribution in [2.45, 2.75) is 71.7 Å². The predicted molar refractivity (Wildman–Crippen MR) is 119 cm³/mol. The molecule has 13 nitrogen and oxygen atoms in total. The van der Waals surface area contributed by atoms with E-state index in [2.05, 4.69) is 30.6 Å². The summed E-state index contributed by atoms with van der Waals surface area (Å²) in [5.74, 6) is -2.14. The summed E-state index contributed by atoms with van der Waals surface area (Å²) in [4.78, 5) is 54.4. The highest BCUT2D eigenvalue weighted by Crippen LogP contribution is 2.13. The van der Waals surface area contributed by atoms with Gasteiger partial charge in [0.1, 0.15) is 29.1 Å². The van der Waals surface area contributed by atoms with E-state index in [1.54, 1.807) is 34.6 Å². The highest BCUT2D eigenvalue weighted by Gasteiger charge is 2.30. The van der Waals surface area contributed by atoms with Crippen molar-refractivity contribution in [1.29, 1.82) is 0 Å². The van der Waals surface area contributed by atoms with Crippen LogP contribution in [0.5, 0.6) is 0 Å². The Morgan fingerprint density at radius 3 is 2.50 bits per heavy atom. The first kappa shape index (κ1) is 26.5. The molecule has 0 aliphatic carbocycles. The zero-order chi connectivity index (χ0) is 25.5. The number of anilines is 1. The van der Waals surface area contributed by atoms with Crippen LogP contribution in [0.15, 0.2) is 21.8 Å². The Balaban J connectivity index is 2.19. The highest BCUT2D eigenvalue weighted by molar-refractivity contribution is 5.89. The van der Waals surface area contributed by atoms with Gasteiger partial charge in [-0.25, -0.2) is 14.4 Å². The summed E-state index contributed by atoms with van der Waals surface area (Å²) < 4.78 is 15.8. The lowest BCUT2D eigenvalue weighted by atomic mass is 10.1. The molecular formula is C21H30N6O7. The van der Waals surface area contributed by atoms with Crippen LogP contribution in [-0.4, -0.2) is 56.5 Å². The summed E-state index contributed by atoms with van der Waals surface area (Å²) in [6.45, 7) is 8.61. The third-order valence-electron chi connectivity index (χ3n) is 4.66. The molecule has 2 aromatic rings. The number of carbonyl (C=O) groups excluding carboxylic acids is 3. The molecule has 186 valence electrons. The van der Waals surface area contributed by atoms with Crippen LogP contribution in [0.2, 0.25) is 0 Å². The molecule has 0 spiro atoms. The van der Waals surface area contributed by atoms with Gasteiger partial charge in [0, 0.05) is 12.4 Å². The maximum absolute atomic E-state index is 13.0. The summed E-state index contributed by atoms with van der Waals surface area (Å²) in [5, 5.41) is 12.8. The smallest absolute Gasteiger partial charge is 0.328 e. The average Bonchev–Trinajstić information content (AvgIpc) is 3.16. The molecule has 0 aromatic carbocycles. The number of aryl methyl sites for hydroxylation is 1. The van der Waals surface area contributed by atoms with E-state index in [0.717, 1.165) is 7.11 Å². The molecule has 34 heavy (non-hydrogen) atoms. The maximum atomic E-state index is 13.0. The van der Waals surface area contributed by atoms with E-state index in [-0.39, 0.29) is 18.8 Å². The van der Waals surface area contributed by atoms with Crippen LogP contribution >= 0.6 is 0 Å². The molecule has 0 aliphatic heterocycles. The standard InChI is InChI=1S/C21H30N6O7/c1-7-15(18(29)24-13(20(31)32-6)10-16(28)33-21(3,4)5)27-9-8-22-17(19(27)30)23-11-14-12(2)25-34-26-14/h8-9,13,15H,7,10-11H2,1-6H3,(H,22,23)(H,24,29)/t13-,15-/m0/s1. The molecule has 0 saturated carbocycles. The Kier molecular flexibility index (Phi) is 8.87. The zero-order valence-electron chi connectivity index (χ0n) is 20.1. The van der Waals surface area contributed by atoms with E-state index in [9.17, 15) is 19.2 Å². The summed E-state index contributed by atoms with van der Waals surface area (Å²) in [6, 6.07) is -2.25. The molecule has 0 radical (unpaired) electrons. The second-order valence-electron chi connectivity index (χ2n) is 8.44. The van der Waals surface area contributed by atoms with Crippen LogP contribution in [0.25, 0.3) is 0 Å². The van der Waals surface area contributed by atoms with Crippen molar-refractivity contribution in [3.05, 3.63) is 34.1 Å². The number of amides is 1. The van der Waals surface area contributed by atoms with Crippen LogP contribution < -0.4 is 16.2 Å². The average molecular weight is 479 g/mol. The van der Waals surface area contributed by atoms with E-state index in [4.69, 9.17) is 9.47 Å². The normalized spacial score (nSPS) is 13.0. The third-order valence-corrected chi connectivity index (χ3v) is 4.66. The Morgan fingerprint density at radius 2 is 1.94 bits per heavy atom. The van der Waals surface area contributed by atoms with Gasteiger partial charge in [-0.3, -0.25) is 19.0 Å². The summed E-state index contributed by atoms with van der Waals surface area (Å²) in [6.07, 6.45) is 2.54. The van der Waals surface area contributed by atoms with E-state index in [1.807, 2.05) is 0 Å². The van der Waals surface area contributed by atoms with Gasteiger partial charge >= 0.3 is 11.9 Å². The van der Waals surface area contributed by atoms with Gasteiger partial charge in [0.05, 0.1) is 20.1 Å². The molecule has 2 rings (SSSR count). The topological polar surface area (TPSA) is 168 Å². The number of nitrogens with zero attached hydrogens (tertiary/aromatic N) is 4. The fourth-order valence-corrected chi connectivity index (χ4v) is 3.03. The molecule has 0 aliphatic rings. The Morgan fingerprint density at radius 1 is 1.24 bits per heavy atom. The monoisotopic (exact) mass is 478 g/mol. The number of aromatic nitrogens is 4. The zero-order valence-corrected chi connectivity index (χ0v) is 20.1. The SMILES string of the molecule is CC[C@@H](C(=O)N[C@@H](CC(=O)OC(C)(C)C)C(=O)OC)n1ccnc(NCc2nonc2C)c1=O. The molecule has 2 heterocycles. The quantitative estimate of drug-likeness (QED) is 0.465. The predicted octanol–water partition coefficient (Wildman–Crippen LogP) is 0.888. The number of hydrogen-bond acceptors (Lipinski definition) is 11. The molecule has 2 atom stereocenters. The summed E-state index contributed by atoms with van der Waals surface area (Å²) >= 11 is 0. The lowest BCUT2D eigenvalue weighted by molar-refractivity contribution is -0.159. The van der Waals surface area contributed by atoms with Crippen molar-refractivity contribution in [2.24, 2.45) is 0 Å². The van der Waals surface area contributed by atoms with Crippen molar-refractivity contribution < 1.29 is 28.5 Å². The fourth-order valence-electron chi connectivity index (χ4n) is 3.03. The Bertz CT molecular complexity index is 1070. The molecule has 0 saturated heterocycles. The lowest BCUT2D eigenvalue weighted by Crippen LogP contribution is -2.47. The fraction of sp³-hybridized carbons (Fsp3) is 0.571. The largest absolute Gasteiger partial charge is 0.467 e. The molecule has 1 amide bonds. The van der Waals surface area contributed by atoms with Crippen LogP contribution in [0.1, 0.15) is 58.0 Å². The van der Waals surface area contributed by atoms with E-state index in [1.165, 1.54) is 17.0 Å². The van der Waals surface area contributed by atoms with E-state index < -0.39 is 47.5 Å². The minimum absolute atomic E-state index is 0.00516. The number of rotatable bonds is 10. The highest BCUT2D eigenvalue weighted by atomic mass is 16.6. The third kappa shape index (κ3) is 7.12. The first-order valence-electron chi connectivity index (χ1n) is 10.7. The van der Waals surface area contributed by atoms with Gasteiger partial charge in [0.25, 0.3) is 5.56 Å². The first-order chi connectivity index (χ1) is 16.0. The molecule has 2 N–H and O–H groups in total. The van der Waals surface area contributed by atoms with Crippen molar-refractivity contribution >= 4 is 23.7 Å². The number of esters is 2. The van der Waals surface area contributed by atoms with Gasteiger partial charge in [-0.15, -0.1) is 0 Å². The van der Waals surface area contributed by atoms with Gasteiger partial charge in [0.2, 0.25) is 5.91 Å². The van der Waals surface area contributed by atoms with Crippen LogP contribution in [-0.2, 0) is 30.4 Å². The Labute approximate surface area is 196 Å². The van der Waals surface area contributed by atoms with Crippen LogP contribution in [0.4, 0.5) is 5.82 Å². The second kappa shape index (κ2) is 11.4. The number of hydrogen-bond donors (Lipinski definition) is 2. The molecule has 13 heteroatoms. The van der Waals surface area contributed by atoms with Gasteiger partial charge in [0.15, 0.2) is 5.82 Å². The second-order valence-corrected chi connectivity index (χ2v) is 8.44. The van der Waals surface area contributed by atoms with Crippen LogP contribution in [0, 0.1) is 6.92 Å². The number of carbonyl (C=O) groups is 3. The minimum Gasteiger partial charge on any atom is -0.467 e. The molecule has 0 unspecified atom stereocenters. The maximum Gasteiger partial charge on any atom is 0.328 e. The molecule has 2 aromatic heterocycles. The minimum atomic E-state index is -1.28. The molecule has 0 bridgehead atoms. The number of methoxy groups -OCH3 is 1. The number of ether oxygens (including phenoxy) is 2. The van der Waals surface area contributed by atoms with E-state index in [0.29, 0.717) is 11.4 Å². The van der Waals surface area contributed by atoms with Gasteiger partial charge in [-0.1, -0.05) is 17.2 Å². The number of nitrogens with one attached hydrogen (secondary N) is 2. The lowest BCUT2D eigenvalue weighted by Gasteiger charge is -2.24. The van der Waals surface area contributed by atoms with Gasteiger partial charge in [-0.2, -0.15) is 0 Å². The Hall–Kier alpha value is -3.77. The van der Waals surface area contributed by atoms with Crippen molar-refractivity contribution in [3.63, 3.8) is 0 Å². The van der Waals surface area contributed by atoms with Crippen LogP contribution in [0.3, 0.4) is 0 Å². The van der Waals surface area contributed by atoms with Gasteiger partial charge < -0.3 is 20.1 Å². The summed E-state index contributed by atoms with van der Waals surface area (Å²) in [5.41, 5.74) is -0.250. The molecular weight excluding hydrogens is 448 g/mol. The van der Waals surface area contributed by atoms with Crippen molar-refractivity contribution in [1.82, 2.24) is 25.2 Å². The van der Waals surface area contributed by atoms with Crippen molar-refractivity contribution in [3.8, 4) is 0 Å². The van der Waals surface area contributed by atoms with Gasteiger partial charge in [-0.05, 0) is 34.1 Å². The summed E-state index contributed by atoms with van der Waals surface area (Å²) in [7, 11) is 1.14.